The molecule has 0 aromatic carbocycles. The van der Waals surface area contributed by atoms with Gasteiger partial charge < -0.3 is 13.9 Å². The zero-order valence-electron chi connectivity index (χ0n) is 20.0. The van der Waals surface area contributed by atoms with Gasteiger partial charge in [0, 0.05) is 22.5 Å². The molecule has 0 radical (unpaired) electrons. The van der Waals surface area contributed by atoms with Gasteiger partial charge >= 0.3 is 11.9 Å². The Balaban J connectivity index is 1.76. The number of carbonyl (C=O) groups excluding carboxylic acids is 3. The number of methoxy groups -OCH3 is 1. The molecule has 2 heterocycles. The van der Waals surface area contributed by atoms with Crippen LogP contribution in [0.15, 0.2) is 59.0 Å². The minimum absolute atomic E-state index is 0.000574. The van der Waals surface area contributed by atoms with E-state index in [1.165, 1.54) is 7.11 Å². The van der Waals surface area contributed by atoms with Crippen molar-refractivity contribution in [2.45, 2.75) is 53.1 Å². The molecule has 1 saturated carbocycles. The Bertz CT molecular complexity index is 1060. The van der Waals surface area contributed by atoms with E-state index in [9.17, 15) is 14.4 Å². The van der Waals surface area contributed by atoms with Gasteiger partial charge in [0.2, 0.25) is 0 Å². The average Bonchev–Trinajstić information content (AvgIpc) is 3.29. The van der Waals surface area contributed by atoms with Crippen LogP contribution < -0.4 is 0 Å². The molecule has 1 fully saturated rings. The zero-order chi connectivity index (χ0) is 24.2. The first kappa shape index (κ1) is 23.3. The van der Waals surface area contributed by atoms with Crippen molar-refractivity contribution >= 4 is 17.7 Å². The molecule has 2 aliphatic carbocycles. The van der Waals surface area contributed by atoms with Gasteiger partial charge in [-0.2, -0.15) is 0 Å². The van der Waals surface area contributed by atoms with Crippen molar-refractivity contribution in [1.29, 1.82) is 0 Å². The minimum Gasteiger partial charge on any atom is -0.472 e. The smallest absolute Gasteiger partial charge is 0.331 e. The summed E-state index contributed by atoms with van der Waals surface area (Å²) in [6.07, 6.45) is 9.56. The van der Waals surface area contributed by atoms with Crippen molar-refractivity contribution in [3.63, 3.8) is 0 Å². The third-order valence-corrected chi connectivity index (χ3v) is 8.46. The molecule has 6 nitrogen and oxygen atoms in total. The fourth-order valence-corrected chi connectivity index (χ4v) is 6.40. The van der Waals surface area contributed by atoms with Crippen molar-refractivity contribution in [1.82, 2.24) is 0 Å². The van der Waals surface area contributed by atoms with Crippen molar-refractivity contribution in [2.75, 3.05) is 7.11 Å². The number of furan rings is 1. The number of ketones is 1. The second-order valence-electron chi connectivity index (χ2n) is 10.6. The van der Waals surface area contributed by atoms with Gasteiger partial charge in [-0.05, 0) is 53.4 Å². The molecule has 0 saturated heterocycles. The summed E-state index contributed by atoms with van der Waals surface area (Å²) < 4.78 is 16.0. The van der Waals surface area contributed by atoms with Gasteiger partial charge in [-0.3, -0.25) is 9.59 Å². The van der Waals surface area contributed by atoms with Gasteiger partial charge in [0.1, 0.15) is 6.10 Å². The topological polar surface area (TPSA) is 82.8 Å². The van der Waals surface area contributed by atoms with E-state index in [-0.39, 0.29) is 30.0 Å². The van der Waals surface area contributed by atoms with Gasteiger partial charge in [0.15, 0.2) is 5.78 Å². The van der Waals surface area contributed by atoms with Crippen LogP contribution in [0.3, 0.4) is 0 Å². The lowest BCUT2D eigenvalue weighted by Gasteiger charge is -2.55. The van der Waals surface area contributed by atoms with Crippen LogP contribution in [-0.4, -0.2) is 24.8 Å². The maximum Gasteiger partial charge on any atom is 0.331 e. The summed E-state index contributed by atoms with van der Waals surface area (Å²) in [7, 11) is 1.37. The Hall–Kier alpha value is -2.89. The van der Waals surface area contributed by atoms with E-state index >= 15 is 0 Å². The summed E-state index contributed by atoms with van der Waals surface area (Å²) in [5.74, 6) is -1.07. The summed E-state index contributed by atoms with van der Waals surface area (Å²) in [5, 5.41) is 0. The highest BCUT2D eigenvalue weighted by molar-refractivity contribution is 5.96. The number of allylic oxidation sites excluding steroid dienone is 3. The van der Waals surface area contributed by atoms with Crippen LogP contribution in [-0.2, 0) is 23.9 Å². The fourth-order valence-electron chi connectivity index (χ4n) is 6.40. The number of carbonyl (C=O) groups is 3. The van der Waals surface area contributed by atoms with Gasteiger partial charge in [-0.15, -0.1) is 0 Å². The van der Waals surface area contributed by atoms with E-state index in [2.05, 4.69) is 20.4 Å². The molecule has 5 atom stereocenters. The van der Waals surface area contributed by atoms with E-state index < -0.39 is 28.3 Å². The maximum absolute atomic E-state index is 12.8. The van der Waals surface area contributed by atoms with Crippen LogP contribution in [0.25, 0.3) is 0 Å². The van der Waals surface area contributed by atoms with Crippen LogP contribution >= 0.6 is 0 Å². The van der Waals surface area contributed by atoms with E-state index in [0.29, 0.717) is 0 Å². The van der Waals surface area contributed by atoms with Gasteiger partial charge in [0.25, 0.3) is 0 Å². The predicted octanol–water partition coefficient (Wildman–Crippen LogP) is 5.13. The number of hydrogen-bond acceptors (Lipinski definition) is 6. The Morgan fingerprint density at radius 1 is 1.24 bits per heavy atom. The Morgan fingerprint density at radius 3 is 2.61 bits per heavy atom. The lowest BCUT2D eigenvalue weighted by molar-refractivity contribution is -0.153. The minimum atomic E-state index is -0.738. The standard InChI is InChI=1S/C27H32O6/c1-16-18(26(4)11-8-21(28)25(2,3)20(26)14-22(29)31-6)7-10-27(5)19(16)13-23(30)33-24(27)17-9-12-32-15-17/h8-9,11-13,15,18,20,24H,1,7,10,14H2,2-6H3/t18-,20+,24+,26-,27+/m1/s1. The highest BCUT2D eigenvalue weighted by Crippen LogP contribution is 2.62. The second-order valence-corrected chi connectivity index (χ2v) is 10.6. The fraction of sp³-hybridized carbons (Fsp3) is 0.519. The van der Waals surface area contributed by atoms with Crippen molar-refractivity contribution in [3.8, 4) is 0 Å². The quantitative estimate of drug-likeness (QED) is 0.589. The lowest BCUT2D eigenvalue weighted by Crippen LogP contribution is -2.51. The Kier molecular flexibility index (Phi) is 5.54. The Labute approximate surface area is 194 Å². The molecule has 176 valence electrons. The van der Waals surface area contributed by atoms with Crippen LogP contribution in [0.4, 0.5) is 0 Å². The van der Waals surface area contributed by atoms with E-state index in [1.54, 1.807) is 24.7 Å². The molecular weight excluding hydrogens is 420 g/mol. The predicted molar refractivity (Wildman–Crippen MR) is 122 cm³/mol. The molecular formula is C27H32O6. The van der Waals surface area contributed by atoms with Gasteiger partial charge in [-0.1, -0.05) is 40.3 Å². The molecule has 0 amide bonds. The van der Waals surface area contributed by atoms with E-state index in [0.717, 1.165) is 29.6 Å². The average molecular weight is 453 g/mol. The molecule has 0 unspecified atom stereocenters. The summed E-state index contributed by atoms with van der Waals surface area (Å²) in [6, 6.07) is 1.83. The molecule has 4 rings (SSSR count). The number of hydrogen-bond donors (Lipinski definition) is 0. The Morgan fingerprint density at radius 2 is 1.97 bits per heavy atom. The van der Waals surface area contributed by atoms with Crippen molar-refractivity contribution in [2.24, 2.45) is 28.1 Å². The summed E-state index contributed by atoms with van der Waals surface area (Å²) in [6.45, 7) is 12.4. The molecule has 0 bridgehead atoms. The summed E-state index contributed by atoms with van der Waals surface area (Å²) >= 11 is 0. The first-order valence-electron chi connectivity index (χ1n) is 11.4. The molecule has 33 heavy (non-hydrogen) atoms. The lowest BCUT2D eigenvalue weighted by atomic mass is 9.48. The van der Waals surface area contributed by atoms with Crippen molar-refractivity contribution < 1.29 is 28.3 Å². The van der Waals surface area contributed by atoms with Gasteiger partial charge in [0.05, 0.1) is 26.1 Å². The third kappa shape index (κ3) is 3.51. The third-order valence-electron chi connectivity index (χ3n) is 8.46. The largest absolute Gasteiger partial charge is 0.472 e. The molecule has 0 spiro atoms. The van der Waals surface area contributed by atoms with Crippen LogP contribution in [0.1, 0.15) is 58.6 Å². The SMILES string of the molecule is C=C1C2=CC(=O)O[C@@H](c3ccoc3)[C@@]2(C)CC[C@H]1[C@@]1(C)C=CC(=O)C(C)(C)[C@@H]1CC(=O)OC. The first-order chi connectivity index (χ1) is 15.4. The van der Waals surface area contributed by atoms with Crippen molar-refractivity contribution in [3.05, 3.63) is 60.1 Å². The van der Waals surface area contributed by atoms with E-state index in [1.807, 2.05) is 26.0 Å². The summed E-state index contributed by atoms with van der Waals surface area (Å²) in [5.41, 5.74) is 0.864. The molecule has 1 aliphatic heterocycles. The number of rotatable bonds is 4. The highest BCUT2D eigenvalue weighted by Gasteiger charge is 2.57. The van der Waals surface area contributed by atoms with Crippen LogP contribution in [0, 0.1) is 28.1 Å². The van der Waals surface area contributed by atoms with Crippen LogP contribution in [0.5, 0.6) is 0 Å². The maximum atomic E-state index is 12.8. The highest BCUT2D eigenvalue weighted by atomic mass is 16.5. The molecule has 0 N–H and O–H groups in total. The monoisotopic (exact) mass is 452 g/mol. The molecule has 1 aromatic heterocycles. The van der Waals surface area contributed by atoms with E-state index in [4.69, 9.17) is 13.9 Å². The van der Waals surface area contributed by atoms with Crippen LogP contribution in [0.2, 0.25) is 0 Å². The number of fused-ring (bicyclic) bond motifs is 1. The first-order valence-corrected chi connectivity index (χ1v) is 11.4. The number of esters is 2. The summed E-state index contributed by atoms with van der Waals surface area (Å²) in [4.78, 5) is 37.7. The molecule has 3 aliphatic rings. The second kappa shape index (κ2) is 7.86. The normalized spacial score (nSPS) is 35.5. The number of cyclic esters (lactones) is 1. The number of ether oxygens (including phenoxy) is 2. The molecule has 1 aromatic rings. The van der Waals surface area contributed by atoms with Gasteiger partial charge in [-0.25, -0.2) is 4.79 Å². The zero-order valence-corrected chi connectivity index (χ0v) is 20.0. The molecule has 6 heteroatoms.